The largest absolute Gasteiger partial charge is 0.490 e. The van der Waals surface area contributed by atoms with Crippen molar-refractivity contribution in [3.63, 3.8) is 0 Å². The van der Waals surface area contributed by atoms with Gasteiger partial charge in [0.05, 0.1) is 5.56 Å². The first-order chi connectivity index (χ1) is 12.1. The van der Waals surface area contributed by atoms with Crippen molar-refractivity contribution in [3.8, 4) is 17.2 Å². The van der Waals surface area contributed by atoms with Gasteiger partial charge in [-0.1, -0.05) is 5.16 Å². The molecule has 0 amide bonds. The molecule has 0 atom stereocenters. The average molecular weight is 342 g/mol. The minimum Gasteiger partial charge on any atom is -0.490 e. The van der Waals surface area contributed by atoms with Crippen molar-refractivity contribution in [1.29, 1.82) is 0 Å². The molecule has 2 aromatic carbocycles. The van der Waals surface area contributed by atoms with Gasteiger partial charge in [0, 0.05) is 5.56 Å². The molecule has 0 radical (unpaired) electrons. The Bertz CT molecular complexity index is 844. The van der Waals surface area contributed by atoms with E-state index < -0.39 is 5.97 Å². The summed E-state index contributed by atoms with van der Waals surface area (Å²) in [4.78, 5) is 16.1. The summed E-state index contributed by atoms with van der Waals surface area (Å²) in [7, 11) is 0. The first-order valence-electron chi connectivity index (χ1n) is 7.58. The highest BCUT2D eigenvalue weighted by Crippen LogP contribution is 2.18. The maximum absolute atomic E-state index is 12.8. The number of esters is 1. The number of hydrogen-bond donors (Lipinski definition) is 0. The Morgan fingerprint density at radius 1 is 1.08 bits per heavy atom. The molecule has 0 bridgehead atoms. The molecule has 0 N–H and O–H groups in total. The van der Waals surface area contributed by atoms with E-state index in [0.717, 1.165) is 5.56 Å². The van der Waals surface area contributed by atoms with Crippen molar-refractivity contribution in [2.45, 2.75) is 6.92 Å². The first kappa shape index (κ1) is 16.6. The smallest absolute Gasteiger partial charge is 0.338 e. The Morgan fingerprint density at radius 3 is 2.44 bits per heavy atom. The molecule has 25 heavy (non-hydrogen) atoms. The molecule has 0 spiro atoms. The predicted octanol–water partition coefficient (Wildman–Crippen LogP) is 3.42. The summed E-state index contributed by atoms with van der Waals surface area (Å²) >= 11 is 0. The van der Waals surface area contributed by atoms with Crippen molar-refractivity contribution < 1.29 is 23.2 Å². The van der Waals surface area contributed by atoms with Gasteiger partial charge in [-0.15, -0.1) is 0 Å². The number of carbonyl (C=O) groups excluding carboxylic acids is 1. The number of aromatic nitrogens is 2. The molecular weight excluding hydrogens is 327 g/mol. The standard InChI is InChI=1S/C18H15FN2O4/c1-12-20-17(25-21-12)13-2-4-14(5-3-13)18(22)24-11-10-23-16-8-6-15(19)7-9-16/h2-9H,10-11H2,1H3. The Morgan fingerprint density at radius 2 is 1.80 bits per heavy atom. The van der Waals surface area contributed by atoms with Crippen molar-refractivity contribution in [2.75, 3.05) is 13.2 Å². The number of hydrogen-bond acceptors (Lipinski definition) is 6. The second-order valence-electron chi connectivity index (χ2n) is 5.16. The second-order valence-corrected chi connectivity index (χ2v) is 5.16. The number of halogens is 1. The van der Waals surface area contributed by atoms with Crippen molar-refractivity contribution in [2.24, 2.45) is 0 Å². The molecular formula is C18H15FN2O4. The number of carbonyl (C=O) groups is 1. The maximum atomic E-state index is 12.8. The topological polar surface area (TPSA) is 74.5 Å². The molecule has 3 rings (SSSR count). The molecule has 128 valence electrons. The predicted molar refractivity (Wildman–Crippen MR) is 86.6 cm³/mol. The van der Waals surface area contributed by atoms with Crippen LogP contribution in [0.1, 0.15) is 16.2 Å². The third-order valence-electron chi connectivity index (χ3n) is 3.29. The summed E-state index contributed by atoms with van der Waals surface area (Å²) in [5, 5.41) is 3.72. The molecule has 1 heterocycles. The van der Waals surface area contributed by atoms with Gasteiger partial charge < -0.3 is 14.0 Å². The number of ether oxygens (including phenoxy) is 2. The van der Waals surface area contributed by atoms with Gasteiger partial charge in [-0.2, -0.15) is 4.98 Å². The highest BCUT2D eigenvalue weighted by molar-refractivity contribution is 5.89. The SMILES string of the molecule is Cc1noc(-c2ccc(C(=O)OCCOc3ccc(F)cc3)cc2)n1. The lowest BCUT2D eigenvalue weighted by molar-refractivity contribution is 0.0450. The van der Waals surface area contributed by atoms with E-state index in [1.807, 2.05) is 0 Å². The van der Waals surface area contributed by atoms with E-state index in [4.69, 9.17) is 14.0 Å². The van der Waals surface area contributed by atoms with Crippen LogP contribution >= 0.6 is 0 Å². The van der Waals surface area contributed by atoms with Gasteiger partial charge in [-0.25, -0.2) is 9.18 Å². The van der Waals surface area contributed by atoms with E-state index in [2.05, 4.69) is 10.1 Å². The molecule has 0 saturated heterocycles. The summed E-state index contributed by atoms with van der Waals surface area (Å²) in [5.74, 6) is 0.648. The van der Waals surface area contributed by atoms with Crippen molar-refractivity contribution >= 4 is 5.97 Å². The summed E-state index contributed by atoms with van der Waals surface area (Å²) in [6.45, 7) is 1.99. The second kappa shape index (κ2) is 7.57. The summed E-state index contributed by atoms with van der Waals surface area (Å²) in [5.41, 5.74) is 1.12. The van der Waals surface area contributed by atoms with E-state index in [9.17, 15) is 9.18 Å². The molecule has 0 aliphatic carbocycles. The fraction of sp³-hybridized carbons (Fsp3) is 0.167. The van der Waals surface area contributed by atoms with E-state index in [1.54, 1.807) is 31.2 Å². The Hall–Kier alpha value is -3.22. The van der Waals surface area contributed by atoms with Crippen LogP contribution in [0, 0.1) is 12.7 Å². The number of rotatable bonds is 6. The van der Waals surface area contributed by atoms with E-state index in [1.165, 1.54) is 24.3 Å². The van der Waals surface area contributed by atoms with Gasteiger partial charge in [0.25, 0.3) is 5.89 Å². The lowest BCUT2D eigenvalue weighted by Crippen LogP contribution is -2.12. The molecule has 0 aliphatic heterocycles. The van der Waals surface area contributed by atoms with Gasteiger partial charge in [-0.05, 0) is 55.5 Å². The van der Waals surface area contributed by atoms with Gasteiger partial charge in [-0.3, -0.25) is 0 Å². The summed E-state index contributed by atoms with van der Waals surface area (Å²) in [6, 6.07) is 12.3. The third-order valence-corrected chi connectivity index (χ3v) is 3.29. The summed E-state index contributed by atoms with van der Waals surface area (Å²) < 4.78 is 28.3. The zero-order valence-electron chi connectivity index (χ0n) is 13.4. The molecule has 0 aliphatic rings. The lowest BCUT2D eigenvalue weighted by atomic mass is 10.1. The van der Waals surface area contributed by atoms with Crippen molar-refractivity contribution in [3.05, 3.63) is 65.7 Å². The number of nitrogens with zero attached hydrogens (tertiary/aromatic N) is 2. The minimum atomic E-state index is -0.462. The van der Waals surface area contributed by atoms with E-state index in [-0.39, 0.29) is 19.0 Å². The quantitative estimate of drug-likeness (QED) is 0.505. The van der Waals surface area contributed by atoms with Gasteiger partial charge in [0.15, 0.2) is 5.82 Å². The number of aryl methyl sites for hydroxylation is 1. The molecule has 1 aromatic heterocycles. The van der Waals surface area contributed by atoms with Crippen LogP contribution in [0.15, 0.2) is 53.1 Å². The highest BCUT2D eigenvalue weighted by Gasteiger charge is 2.10. The minimum absolute atomic E-state index is 0.0841. The van der Waals surface area contributed by atoms with Crippen LogP contribution in [0.4, 0.5) is 4.39 Å². The van der Waals surface area contributed by atoms with Crippen LogP contribution < -0.4 is 4.74 Å². The molecule has 0 saturated carbocycles. The van der Waals surface area contributed by atoms with Crippen LogP contribution in [0.3, 0.4) is 0 Å². The molecule has 3 aromatic rings. The monoisotopic (exact) mass is 342 g/mol. The Balaban J connectivity index is 1.48. The summed E-state index contributed by atoms with van der Waals surface area (Å²) in [6.07, 6.45) is 0. The van der Waals surface area contributed by atoms with Crippen LogP contribution in [0.25, 0.3) is 11.5 Å². The van der Waals surface area contributed by atoms with Crippen molar-refractivity contribution in [1.82, 2.24) is 10.1 Å². The Kier molecular flexibility index (Phi) is 5.03. The third kappa shape index (κ3) is 4.41. The molecule has 7 heteroatoms. The normalized spacial score (nSPS) is 10.5. The fourth-order valence-electron chi connectivity index (χ4n) is 2.07. The molecule has 0 unspecified atom stereocenters. The average Bonchev–Trinajstić information content (AvgIpc) is 3.06. The van der Waals surface area contributed by atoms with Crippen LogP contribution in [0.5, 0.6) is 5.75 Å². The van der Waals surface area contributed by atoms with Gasteiger partial charge in [0.2, 0.25) is 0 Å². The molecule has 0 fully saturated rings. The molecule has 6 nitrogen and oxygen atoms in total. The first-order valence-corrected chi connectivity index (χ1v) is 7.58. The highest BCUT2D eigenvalue weighted by atomic mass is 19.1. The van der Waals surface area contributed by atoms with Crippen LogP contribution in [0.2, 0.25) is 0 Å². The maximum Gasteiger partial charge on any atom is 0.338 e. The van der Waals surface area contributed by atoms with Gasteiger partial charge in [0.1, 0.15) is 24.8 Å². The van der Waals surface area contributed by atoms with E-state index >= 15 is 0 Å². The lowest BCUT2D eigenvalue weighted by Gasteiger charge is -2.07. The zero-order chi connectivity index (χ0) is 17.6. The Labute approximate surface area is 143 Å². The van der Waals surface area contributed by atoms with E-state index in [0.29, 0.717) is 23.0 Å². The van der Waals surface area contributed by atoms with Crippen LogP contribution in [-0.4, -0.2) is 29.3 Å². The van der Waals surface area contributed by atoms with Gasteiger partial charge >= 0.3 is 5.97 Å². The van der Waals surface area contributed by atoms with Crippen LogP contribution in [-0.2, 0) is 4.74 Å². The number of benzene rings is 2. The fourth-order valence-corrected chi connectivity index (χ4v) is 2.07. The zero-order valence-corrected chi connectivity index (χ0v) is 13.4.